The number of β-amino-alcohol motifs (C(OH)–C–C–N with tert-alkyl or cyclic N) is 1. The molecule has 0 aromatic heterocycles. The summed E-state index contributed by atoms with van der Waals surface area (Å²) >= 11 is 0. The van der Waals surface area contributed by atoms with Gasteiger partial charge in [0.1, 0.15) is 0 Å². The lowest BCUT2D eigenvalue weighted by Crippen LogP contribution is -2.46. The fourth-order valence-corrected chi connectivity index (χ4v) is 1.65. The maximum Gasteiger partial charge on any atom is 0.239 e. The number of rotatable bonds is 3. The molecule has 3 N–H and O–H groups in total. The molecule has 4 heteroatoms. The second kappa shape index (κ2) is 4.75. The van der Waals surface area contributed by atoms with Crippen LogP contribution in [0.3, 0.4) is 0 Å². The van der Waals surface area contributed by atoms with E-state index in [4.69, 9.17) is 5.73 Å². The highest BCUT2D eigenvalue weighted by molar-refractivity contribution is 5.82. The number of nitrogens with two attached hydrogens (primary N) is 1. The molecule has 1 aliphatic heterocycles. The lowest BCUT2D eigenvalue weighted by Gasteiger charge is -2.23. The van der Waals surface area contributed by atoms with E-state index in [2.05, 4.69) is 0 Å². The molecule has 1 rings (SSSR count). The van der Waals surface area contributed by atoms with Crippen molar-refractivity contribution in [1.29, 1.82) is 0 Å². The van der Waals surface area contributed by atoms with Crippen molar-refractivity contribution in [3.8, 4) is 0 Å². The fraction of sp³-hybridized carbons (Fsp3) is 0.900. The van der Waals surface area contributed by atoms with E-state index in [0.717, 1.165) is 6.42 Å². The van der Waals surface area contributed by atoms with Crippen molar-refractivity contribution in [2.24, 2.45) is 11.7 Å². The minimum absolute atomic E-state index is 0.0177. The second-order valence-electron chi connectivity index (χ2n) is 4.14. The van der Waals surface area contributed by atoms with Gasteiger partial charge >= 0.3 is 0 Å². The van der Waals surface area contributed by atoms with Gasteiger partial charge in [-0.1, -0.05) is 20.3 Å². The zero-order valence-electron chi connectivity index (χ0n) is 8.94. The average molecular weight is 200 g/mol. The monoisotopic (exact) mass is 200 g/mol. The zero-order chi connectivity index (χ0) is 10.7. The van der Waals surface area contributed by atoms with Crippen LogP contribution < -0.4 is 5.73 Å². The molecule has 1 heterocycles. The highest BCUT2D eigenvalue weighted by Crippen LogP contribution is 2.14. The first-order valence-electron chi connectivity index (χ1n) is 5.28. The third-order valence-electron chi connectivity index (χ3n) is 3.02. The van der Waals surface area contributed by atoms with E-state index in [1.807, 2.05) is 13.8 Å². The van der Waals surface area contributed by atoms with Crippen molar-refractivity contribution in [2.75, 3.05) is 13.1 Å². The normalized spacial score (nSPS) is 26.3. The number of aliphatic hydroxyl groups excluding tert-OH is 1. The lowest BCUT2D eigenvalue weighted by atomic mass is 9.99. The van der Waals surface area contributed by atoms with E-state index >= 15 is 0 Å². The highest BCUT2D eigenvalue weighted by Gasteiger charge is 2.29. The van der Waals surface area contributed by atoms with E-state index in [1.165, 1.54) is 0 Å². The summed E-state index contributed by atoms with van der Waals surface area (Å²) in [6.07, 6.45) is 1.23. The Kier molecular flexibility index (Phi) is 3.89. The average Bonchev–Trinajstić information content (AvgIpc) is 2.61. The largest absolute Gasteiger partial charge is 0.391 e. The quantitative estimate of drug-likeness (QED) is 0.671. The van der Waals surface area contributed by atoms with E-state index in [0.29, 0.717) is 19.5 Å². The molecule has 1 fully saturated rings. The van der Waals surface area contributed by atoms with Crippen molar-refractivity contribution < 1.29 is 9.90 Å². The van der Waals surface area contributed by atoms with Crippen molar-refractivity contribution in [3.05, 3.63) is 0 Å². The number of nitrogens with zero attached hydrogens (tertiary/aromatic N) is 1. The van der Waals surface area contributed by atoms with Crippen LogP contribution in [-0.2, 0) is 4.79 Å². The Hall–Kier alpha value is -0.610. The van der Waals surface area contributed by atoms with Gasteiger partial charge < -0.3 is 15.7 Å². The predicted molar refractivity (Wildman–Crippen MR) is 54.6 cm³/mol. The number of hydrogen-bond donors (Lipinski definition) is 2. The van der Waals surface area contributed by atoms with Crippen LogP contribution in [0.1, 0.15) is 26.7 Å². The van der Waals surface area contributed by atoms with Gasteiger partial charge in [-0.25, -0.2) is 0 Å². The van der Waals surface area contributed by atoms with Gasteiger partial charge in [-0.05, 0) is 12.3 Å². The summed E-state index contributed by atoms with van der Waals surface area (Å²) in [5, 5.41) is 9.29. The van der Waals surface area contributed by atoms with Gasteiger partial charge in [-0.15, -0.1) is 0 Å². The minimum atomic E-state index is -0.412. The molecule has 4 nitrogen and oxygen atoms in total. The summed E-state index contributed by atoms with van der Waals surface area (Å²) in [5.41, 5.74) is 5.82. The fourth-order valence-electron chi connectivity index (χ4n) is 1.65. The van der Waals surface area contributed by atoms with Crippen molar-refractivity contribution in [3.63, 3.8) is 0 Å². The van der Waals surface area contributed by atoms with Crippen LogP contribution in [0.2, 0.25) is 0 Å². The highest BCUT2D eigenvalue weighted by atomic mass is 16.3. The topological polar surface area (TPSA) is 66.6 Å². The van der Waals surface area contributed by atoms with E-state index in [9.17, 15) is 9.90 Å². The molecule has 0 bridgehead atoms. The van der Waals surface area contributed by atoms with Gasteiger partial charge in [0.05, 0.1) is 12.1 Å². The van der Waals surface area contributed by atoms with Crippen LogP contribution in [0.4, 0.5) is 0 Å². The third kappa shape index (κ3) is 2.45. The second-order valence-corrected chi connectivity index (χ2v) is 4.14. The number of aliphatic hydroxyl groups is 1. The predicted octanol–water partition coefficient (Wildman–Crippen LogP) is -0.0470. The Balaban J connectivity index is 2.48. The molecule has 0 aromatic carbocycles. The van der Waals surface area contributed by atoms with Crippen molar-refractivity contribution in [2.45, 2.75) is 38.8 Å². The van der Waals surface area contributed by atoms with Crippen LogP contribution in [0.25, 0.3) is 0 Å². The van der Waals surface area contributed by atoms with E-state index in [-0.39, 0.29) is 17.9 Å². The van der Waals surface area contributed by atoms with E-state index < -0.39 is 6.04 Å². The van der Waals surface area contributed by atoms with Crippen LogP contribution in [0.5, 0.6) is 0 Å². The van der Waals surface area contributed by atoms with Gasteiger partial charge in [0.25, 0.3) is 0 Å². The van der Waals surface area contributed by atoms with Gasteiger partial charge in [0.2, 0.25) is 5.91 Å². The first-order valence-corrected chi connectivity index (χ1v) is 5.28. The Morgan fingerprint density at radius 2 is 2.36 bits per heavy atom. The first-order chi connectivity index (χ1) is 6.56. The maximum absolute atomic E-state index is 11.8. The molecule has 0 saturated carbocycles. The van der Waals surface area contributed by atoms with E-state index in [1.54, 1.807) is 4.90 Å². The molecule has 0 aliphatic carbocycles. The van der Waals surface area contributed by atoms with Gasteiger partial charge in [-0.3, -0.25) is 4.79 Å². The molecule has 0 radical (unpaired) electrons. The molecule has 82 valence electrons. The number of carbonyl (C=O) groups excluding carboxylic acids is 1. The van der Waals surface area contributed by atoms with Crippen molar-refractivity contribution >= 4 is 5.91 Å². The Bertz CT molecular complexity index is 204. The summed E-state index contributed by atoms with van der Waals surface area (Å²) in [4.78, 5) is 13.4. The molecule has 0 aromatic rings. The molecule has 1 unspecified atom stereocenters. The van der Waals surface area contributed by atoms with Gasteiger partial charge in [-0.2, -0.15) is 0 Å². The lowest BCUT2D eigenvalue weighted by molar-refractivity contribution is -0.133. The summed E-state index contributed by atoms with van der Waals surface area (Å²) in [5.74, 6) is 0.191. The van der Waals surface area contributed by atoms with Crippen LogP contribution >= 0.6 is 0 Å². The summed E-state index contributed by atoms with van der Waals surface area (Å²) < 4.78 is 0. The van der Waals surface area contributed by atoms with Crippen LogP contribution in [0, 0.1) is 5.92 Å². The Labute approximate surface area is 85.1 Å². The van der Waals surface area contributed by atoms with Crippen LogP contribution in [0.15, 0.2) is 0 Å². The molecular weight excluding hydrogens is 180 g/mol. The SMILES string of the molecule is CCC(C)[C@H](N)C(=O)N1CC[C@@H](O)C1. The number of amides is 1. The first kappa shape index (κ1) is 11.5. The Morgan fingerprint density at radius 1 is 1.71 bits per heavy atom. The summed E-state index contributed by atoms with van der Waals surface area (Å²) in [7, 11) is 0. The summed E-state index contributed by atoms with van der Waals surface area (Å²) in [6.45, 7) is 5.10. The smallest absolute Gasteiger partial charge is 0.239 e. The van der Waals surface area contributed by atoms with Crippen LogP contribution in [-0.4, -0.2) is 41.1 Å². The minimum Gasteiger partial charge on any atom is -0.391 e. The standard InChI is InChI=1S/C10H20N2O2/c1-3-7(2)9(11)10(14)12-5-4-8(13)6-12/h7-9,13H,3-6,11H2,1-2H3/t7?,8-,9+/m1/s1. The Morgan fingerprint density at radius 3 is 2.79 bits per heavy atom. The molecular formula is C10H20N2O2. The molecule has 1 aliphatic rings. The van der Waals surface area contributed by atoms with Gasteiger partial charge in [0.15, 0.2) is 0 Å². The third-order valence-corrected chi connectivity index (χ3v) is 3.02. The molecule has 3 atom stereocenters. The summed E-state index contributed by atoms with van der Waals surface area (Å²) in [6, 6.07) is -0.412. The molecule has 14 heavy (non-hydrogen) atoms. The number of likely N-dealkylation sites (tertiary alicyclic amines) is 1. The van der Waals surface area contributed by atoms with Crippen molar-refractivity contribution in [1.82, 2.24) is 4.90 Å². The number of carbonyl (C=O) groups is 1. The maximum atomic E-state index is 11.8. The zero-order valence-corrected chi connectivity index (χ0v) is 8.94. The molecule has 1 saturated heterocycles. The molecule has 1 amide bonds. The number of hydrogen-bond acceptors (Lipinski definition) is 3. The van der Waals surface area contributed by atoms with Gasteiger partial charge in [0, 0.05) is 13.1 Å². The molecule has 0 spiro atoms.